The van der Waals surface area contributed by atoms with Crippen LogP contribution in [0, 0.1) is 0 Å². The summed E-state index contributed by atoms with van der Waals surface area (Å²) in [6.45, 7) is 5.75. The number of benzene rings is 1. The highest BCUT2D eigenvalue weighted by molar-refractivity contribution is 14.0. The van der Waals surface area contributed by atoms with Crippen molar-refractivity contribution in [2.75, 3.05) is 44.7 Å². The molecule has 6 nitrogen and oxygen atoms in total. The number of imidazole rings is 1. The SMILES string of the molecule is CN=C(NCCn1ccnc1)N1CCN(c2ccccc2)CC1.I. The van der Waals surface area contributed by atoms with Gasteiger partial charge in [0.25, 0.3) is 0 Å². The van der Waals surface area contributed by atoms with Gasteiger partial charge in [0.2, 0.25) is 0 Å². The molecule has 2 aromatic rings. The van der Waals surface area contributed by atoms with Crippen LogP contribution in [0.2, 0.25) is 0 Å². The Labute approximate surface area is 160 Å². The van der Waals surface area contributed by atoms with Crippen LogP contribution in [0.15, 0.2) is 54.0 Å². The first-order chi connectivity index (χ1) is 11.4. The minimum absolute atomic E-state index is 0. The van der Waals surface area contributed by atoms with Gasteiger partial charge in [0.05, 0.1) is 6.33 Å². The Morgan fingerprint density at radius 3 is 2.54 bits per heavy atom. The van der Waals surface area contributed by atoms with Crippen molar-refractivity contribution in [2.24, 2.45) is 4.99 Å². The molecule has 1 N–H and O–H groups in total. The zero-order valence-corrected chi connectivity index (χ0v) is 16.3. The van der Waals surface area contributed by atoms with Gasteiger partial charge in [-0.15, -0.1) is 24.0 Å². The number of para-hydroxylation sites is 1. The van der Waals surface area contributed by atoms with E-state index >= 15 is 0 Å². The van der Waals surface area contributed by atoms with E-state index in [0.29, 0.717) is 0 Å². The molecule has 0 saturated carbocycles. The summed E-state index contributed by atoms with van der Waals surface area (Å²) in [5.74, 6) is 0.984. The van der Waals surface area contributed by atoms with Gasteiger partial charge in [-0.25, -0.2) is 4.98 Å². The molecule has 24 heavy (non-hydrogen) atoms. The molecule has 0 amide bonds. The monoisotopic (exact) mass is 440 g/mol. The largest absolute Gasteiger partial charge is 0.368 e. The van der Waals surface area contributed by atoms with Gasteiger partial charge in [0.1, 0.15) is 0 Å². The quantitative estimate of drug-likeness (QED) is 0.449. The number of aliphatic imine (C=N–C) groups is 1. The smallest absolute Gasteiger partial charge is 0.193 e. The lowest BCUT2D eigenvalue weighted by Crippen LogP contribution is -2.52. The Morgan fingerprint density at radius 1 is 1.17 bits per heavy atom. The van der Waals surface area contributed by atoms with E-state index in [1.165, 1.54) is 5.69 Å². The van der Waals surface area contributed by atoms with Crippen LogP contribution in [0.3, 0.4) is 0 Å². The van der Waals surface area contributed by atoms with E-state index in [1.807, 2.05) is 19.6 Å². The van der Waals surface area contributed by atoms with Gasteiger partial charge in [0.15, 0.2) is 5.96 Å². The van der Waals surface area contributed by atoms with Gasteiger partial charge in [0, 0.05) is 64.4 Å². The van der Waals surface area contributed by atoms with E-state index in [2.05, 4.69) is 60.0 Å². The first kappa shape index (κ1) is 18.6. The first-order valence-electron chi connectivity index (χ1n) is 8.08. The number of rotatable bonds is 4. The van der Waals surface area contributed by atoms with E-state index in [-0.39, 0.29) is 24.0 Å². The summed E-state index contributed by atoms with van der Waals surface area (Å²) in [7, 11) is 1.85. The topological polar surface area (TPSA) is 48.7 Å². The molecule has 3 rings (SSSR count). The number of hydrogen-bond acceptors (Lipinski definition) is 3. The molecule has 130 valence electrons. The fourth-order valence-corrected chi connectivity index (χ4v) is 2.86. The summed E-state index contributed by atoms with van der Waals surface area (Å²) in [5, 5.41) is 3.44. The van der Waals surface area contributed by atoms with Crippen molar-refractivity contribution in [3.8, 4) is 0 Å². The van der Waals surface area contributed by atoms with Crippen molar-refractivity contribution < 1.29 is 0 Å². The van der Waals surface area contributed by atoms with Crippen molar-refractivity contribution >= 4 is 35.6 Å². The highest BCUT2D eigenvalue weighted by Crippen LogP contribution is 2.15. The average molecular weight is 440 g/mol. The summed E-state index contributed by atoms with van der Waals surface area (Å²) in [5.41, 5.74) is 1.30. The van der Waals surface area contributed by atoms with Crippen molar-refractivity contribution in [1.82, 2.24) is 19.8 Å². The number of nitrogens with zero attached hydrogens (tertiary/aromatic N) is 5. The number of piperazine rings is 1. The van der Waals surface area contributed by atoms with Crippen LogP contribution in [0.1, 0.15) is 0 Å². The summed E-state index contributed by atoms with van der Waals surface area (Å²) >= 11 is 0. The molecule has 7 heteroatoms. The number of halogens is 1. The lowest BCUT2D eigenvalue weighted by Gasteiger charge is -2.37. The van der Waals surface area contributed by atoms with Crippen LogP contribution in [0.25, 0.3) is 0 Å². The zero-order valence-electron chi connectivity index (χ0n) is 14.0. The fraction of sp³-hybridized carbons (Fsp3) is 0.412. The molecular weight excluding hydrogens is 415 g/mol. The van der Waals surface area contributed by atoms with Crippen molar-refractivity contribution in [3.05, 3.63) is 49.1 Å². The van der Waals surface area contributed by atoms with Gasteiger partial charge < -0.3 is 19.7 Å². The van der Waals surface area contributed by atoms with E-state index in [1.54, 1.807) is 6.20 Å². The van der Waals surface area contributed by atoms with E-state index in [0.717, 1.165) is 45.2 Å². The fourth-order valence-electron chi connectivity index (χ4n) is 2.86. The van der Waals surface area contributed by atoms with Crippen LogP contribution < -0.4 is 10.2 Å². The van der Waals surface area contributed by atoms with E-state index in [4.69, 9.17) is 0 Å². The third kappa shape index (κ3) is 4.86. The van der Waals surface area contributed by atoms with E-state index < -0.39 is 0 Å². The van der Waals surface area contributed by atoms with Crippen LogP contribution in [-0.4, -0.2) is 60.2 Å². The molecule has 0 spiro atoms. The predicted octanol–water partition coefficient (Wildman–Crippen LogP) is 1.90. The Bertz CT molecular complexity index is 605. The molecule has 2 heterocycles. The second-order valence-corrected chi connectivity index (χ2v) is 5.58. The van der Waals surface area contributed by atoms with Crippen molar-refractivity contribution in [3.63, 3.8) is 0 Å². The van der Waals surface area contributed by atoms with Crippen LogP contribution >= 0.6 is 24.0 Å². The highest BCUT2D eigenvalue weighted by atomic mass is 127. The number of nitrogens with one attached hydrogen (secondary N) is 1. The number of aromatic nitrogens is 2. The molecule has 0 aliphatic carbocycles. The van der Waals surface area contributed by atoms with Gasteiger partial charge in [-0.05, 0) is 12.1 Å². The van der Waals surface area contributed by atoms with E-state index in [9.17, 15) is 0 Å². The Hall–Kier alpha value is -1.77. The third-order valence-electron chi connectivity index (χ3n) is 4.12. The molecule has 0 bridgehead atoms. The maximum Gasteiger partial charge on any atom is 0.193 e. The third-order valence-corrected chi connectivity index (χ3v) is 4.12. The second kappa shape index (κ2) is 9.51. The minimum atomic E-state index is 0. The summed E-state index contributed by atoms with van der Waals surface area (Å²) in [6, 6.07) is 10.6. The molecule has 1 aromatic carbocycles. The van der Waals surface area contributed by atoms with Crippen molar-refractivity contribution in [2.45, 2.75) is 6.54 Å². The first-order valence-corrected chi connectivity index (χ1v) is 8.08. The molecular formula is C17H25IN6. The Kier molecular flexibility index (Phi) is 7.36. The van der Waals surface area contributed by atoms with Crippen molar-refractivity contribution in [1.29, 1.82) is 0 Å². The standard InChI is InChI=1S/C17H24N6.HI/c1-18-17(20-8-10-21-9-7-19-15-21)23-13-11-22(12-14-23)16-5-3-2-4-6-16;/h2-7,9,15H,8,10-14H2,1H3,(H,18,20);1H. The van der Waals surface area contributed by atoms with Gasteiger partial charge >= 0.3 is 0 Å². The minimum Gasteiger partial charge on any atom is -0.368 e. The molecule has 1 saturated heterocycles. The lowest BCUT2D eigenvalue weighted by molar-refractivity contribution is 0.372. The predicted molar refractivity (Wildman–Crippen MR) is 109 cm³/mol. The second-order valence-electron chi connectivity index (χ2n) is 5.58. The highest BCUT2D eigenvalue weighted by Gasteiger charge is 2.19. The molecule has 1 aromatic heterocycles. The molecule has 0 radical (unpaired) electrons. The molecule has 1 fully saturated rings. The van der Waals surface area contributed by atoms with Gasteiger partial charge in [-0.1, -0.05) is 18.2 Å². The average Bonchev–Trinajstić information content (AvgIpc) is 3.13. The number of guanidine groups is 1. The molecule has 0 atom stereocenters. The lowest BCUT2D eigenvalue weighted by atomic mass is 10.2. The van der Waals surface area contributed by atoms with Crippen LogP contribution in [0.4, 0.5) is 5.69 Å². The van der Waals surface area contributed by atoms with Crippen LogP contribution in [0.5, 0.6) is 0 Å². The maximum atomic E-state index is 4.42. The molecule has 1 aliphatic heterocycles. The maximum absolute atomic E-state index is 4.42. The Balaban J connectivity index is 0.00000208. The summed E-state index contributed by atoms with van der Waals surface area (Å²) < 4.78 is 2.06. The number of anilines is 1. The number of hydrogen-bond donors (Lipinski definition) is 1. The van der Waals surface area contributed by atoms with Crippen LogP contribution in [-0.2, 0) is 6.54 Å². The Morgan fingerprint density at radius 2 is 1.92 bits per heavy atom. The normalized spacial score (nSPS) is 15.1. The molecule has 0 unspecified atom stereocenters. The summed E-state index contributed by atoms with van der Waals surface area (Å²) in [4.78, 5) is 13.2. The summed E-state index contributed by atoms with van der Waals surface area (Å²) in [6.07, 6.45) is 5.61. The zero-order chi connectivity index (χ0) is 15.9. The molecule has 1 aliphatic rings. The van der Waals surface area contributed by atoms with Gasteiger partial charge in [-0.3, -0.25) is 4.99 Å². The van der Waals surface area contributed by atoms with Gasteiger partial charge in [-0.2, -0.15) is 0 Å².